The Kier molecular flexibility index (Phi) is 4.88. The van der Waals surface area contributed by atoms with Gasteiger partial charge in [-0.25, -0.2) is 0 Å². The van der Waals surface area contributed by atoms with Crippen LogP contribution < -0.4 is 0 Å². The molecular formula is C16H29NO2. The molecule has 0 aromatic carbocycles. The van der Waals surface area contributed by atoms with E-state index in [4.69, 9.17) is 0 Å². The molecule has 0 amide bonds. The largest absolute Gasteiger partial charge is 0.480 e. The molecule has 110 valence electrons. The van der Waals surface area contributed by atoms with Crippen LogP contribution in [0.4, 0.5) is 0 Å². The number of hydrogen-bond acceptors (Lipinski definition) is 2. The van der Waals surface area contributed by atoms with E-state index in [1.807, 2.05) is 0 Å². The normalized spacial score (nSPS) is 31.5. The van der Waals surface area contributed by atoms with E-state index in [9.17, 15) is 9.90 Å². The van der Waals surface area contributed by atoms with Gasteiger partial charge in [-0.15, -0.1) is 0 Å². The topological polar surface area (TPSA) is 40.5 Å². The Bertz CT molecular complexity index is 312. The SMILES string of the molecule is CCCC1(C(=O)O)CCCN1C(C)C1CCCCC1. The van der Waals surface area contributed by atoms with Crippen molar-refractivity contribution < 1.29 is 9.90 Å². The van der Waals surface area contributed by atoms with Crippen molar-refractivity contribution in [1.29, 1.82) is 0 Å². The predicted molar refractivity (Wildman–Crippen MR) is 77.3 cm³/mol. The summed E-state index contributed by atoms with van der Waals surface area (Å²) in [6, 6.07) is 0.436. The summed E-state index contributed by atoms with van der Waals surface area (Å²) in [5.74, 6) is 0.122. The van der Waals surface area contributed by atoms with Crippen LogP contribution in [0.25, 0.3) is 0 Å². The highest BCUT2D eigenvalue weighted by molar-refractivity contribution is 5.79. The van der Waals surface area contributed by atoms with Crippen molar-refractivity contribution >= 4 is 5.97 Å². The van der Waals surface area contributed by atoms with Gasteiger partial charge >= 0.3 is 5.97 Å². The van der Waals surface area contributed by atoms with Gasteiger partial charge in [-0.2, -0.15) is 0 Å². The first-order valence-electron chi connectivity index (χ1n) is 8.12. The first-order valence-corrected chi connectivity index (χ1v) is 8.12. The molecule has 1 aliphatic heterocycles. The fourth-order valence-electron chi connectivity index (χ4n) is 4.38. The second-order valence-corrected chi connectivity index (χ2v) is 6.52. The van der Waals surface area contributed by atoms with Crippen molar-refractivity contribution in [3.8, 4) is 0 Å². The van der Waals surface area contributed by atoms with Crippen LogP contribution in [0.15, 0.2) is 0 Å². The maximum absolute atomic E-state index is 11.9. The van der Waals surface area contributed by atoms with E-state index in [1.54, 1.807) is 0 Å². The highest BCUT2D eigenvalue weighted by Gasteiger charge is 2.49. The fourth-order valence-corrected chi connectivity index (χ4v) is 4.38. The van der Waals surface area contributed by atoms with Gasteiger partial charge in [0.1, 0.15) is 5.54 Å². The van der Waals surface area contributed by atoms with Crippen LogP contribution in [0.1, 0.15) is 71.6 Å². The van der Waals surface area contributed by atoms with Gasteiger partial charge in [0.2, 0.25) is 0 Å². The third-order valence-electron chi connectivity index (χ3n) is 5.42. The summed E-state index contributed by atoms with van der Waals surface area (Å²) >= 11 is 0. The maximum atomic E-state index is 11.9. The molecule has 3 nitrogen and oxygen atoms in total. The number of carboxylic acid groups (broad SMARTS) is 1. The van der Waals surface area contributed by atoms with Crippen LogP contribution >= 0.6 is 0 Å². The van der Waals surface area contributed by atoms with Gasteiger partial charge < -0.3 is 5.11 Å². The first-order chi connectivity index (χ1) is 9.12. The summed E-state index contributed by atoms with van der Waals surface area (Å²) < 4.78 is 0. The van der Waals surface area contributed by atoms with Crippen LogP contribution in [0.2, 0.25) is 0 Å². The van der Waals surface area contributed by atoms with Crippen LogP contribution in [0, 0.1) is 5.92 Å². The average Bonchev–Trinajstić information content (AvgIpc) is 2.84. The van der Waals surface area contributed by atoms with Gasteiger partial charge in [0.05, 0.1) is 0 Å². The number of rotatable bonds is 5. The molecule has 0 radical (unpaired) electrons. The van der Waals surface area contributed by atoms with Crippen LogP contribution in [0.5, 0.6) is 0 Å². The zero-order valence-corrected chi connectivity index (χ0v) is 12.5. The molecule has 1 saturated heterocycles. The molecule has 0 spiro atoms. The first kappa shape index (κ1) is 14.8. The number of carboxylic acids is 1. The van der Waals surface area contributed by atoms with Gasteiger partial charge in [-0.3, -0.25) is 9.69 Å². The number of carbonyl (C=O) groups is 1. The Hall–Kier alpha value is -0.570. The average molecular weight is 267 g/mol. The lowest BCUT2D eigenvalue weighted by Crippen LogP contribution is -2.55. The molecule has 0 aromatic rings. The molecule has 2 fully saturated rings. The molecule has 0 aromatic heterocycles. The summed E-state index contributed by atoms with van der Waals surface area (Å²) in [6.45, 7) is 5.35. The summed E-state index contributed by atoms with van der Waals surface area (Å²) in [7, 11) is 0. The Balaban J connectivity index is 2.13. The number of nitrogens with zero attached hydrogens (tertiary/aromatic N) is 1. The Morgan fingerprint density at radius 2 is 2.00 bits per heavy atom. The van der Waals surface area contributed by atoms with Crippen molar-refractivity contribution in [2.45, 2.75) is 83.2 Å². The van der Waals surface area contributed by atoms with E-state index in [0.29, 0.717) is 12.0 Å². The number of hydrogen-bond donors (Lipinski definition) is 1. The van der Waals surface area contributed by atoms with Crippen molar-refractivity contribution in [2.24, 2.45) is 5.92 Å². The fraction of sp³-hybridized carbons (Fsp3) is 0.938. The van der Waals surface area contributed by atoms with Gasteiger partial charge in [0.25, 0.3) is 0 Å². The van der Waals surface area contributed by atoms with E-state index < -0.39 is 11.5 Å². The van der Waals surface area contributed by atoms with Crippen molar-refractivity contribution in [2.75, 3.05) is 6.54 Å². The lowest BCUT2D eigenvalue weighted by atomic mass is 9.81. The number of likely N-dealkylation sites (tertiary alicyclic amines) is 1. The molecule has 1 aliphatic carbocycles. The Labute approximate surface area is 117 Å². The zero-order chi connectivity index (χ0) is 13.9. The van der Waals surface area contributed by atoms with E-state index in [2.05, 4.69) is 18.7 Å². The molecule has 2 unspecified atom stereocenters. The molecule has 1 saturated carbocycles. The highest BCUT2D eigenvalue weighted by Crippen LogP contribution is 2.39. The van der Waals surface area contributed by atoms with Gasteiger partial charge in [0.15, 0.2) is 0 Å². The van der Waals surface area contributed by atoms with E-state index in [0.717, 1.165) is 32.2 Å². The highest BCUT2D eigenvalue weighted by atomic mass is 16.4. The lowest BCUT2D eigenvalue weighted by molar-refractivity contribution is -0.152. The van der Waals surface area contributed by atoms with Gasteiger partial charge in [-0.1, -0.05) is 32.6 Å². The summed E-state index contributed by atoms with van der Waals surface area (Å²) in [5, 5.41) is 9.77. The van der Waals surface area contributed by atoms with Crippen LogP contribution in [-0.4, -0.2) is 34.1 Å². The van der Waals surface area contributed by atoms with E-state index >= 15 is 0 Å². The molecule has 2 rings (SSSR count). The molecule has 1 heterocycles. The minimum absolute atomic E-state index is 0.436. The third-order valence-corrected chi connectivity index (χ3v) is 5.42. The summed E-state index contributed by atoms with van der Waals surface area (Å²) in [6.07, 6.45) is 10.3. The second-order valence-electron chi connectivity index (χ2n) is 6.52. The molecule has 2 aliphatic rings. The number of aliphatic carboxylic acids is 1. The minimum Gasteiger partial charge on any atom is -0.480 e. The van der Waals surface area contributed by atoms with E-state index in [-0.39, 0.29) is 0 Å². The Morgan fingerprint density at radius 1 is 1.32 bits per heavy atom. The monoisotopic (exact) mass is 267 g/mol. The summed E-state index contributed by atoms with van der Waals surface area (Å²) in [4.78, 5) is 14.2. The summed E-state index contributed by atoms with van der Waals surface area (Å²) in [5.41, 5.74) is -0.564. The molecular weight excluding hydrogens is 238 g/mol. The van der Waals surface area contributed by atoms with Crippen LogP contribution in [-0.2, 0) is 4.79 Å². The van der Waals surface area contributed by atoms with Gasteiger partial charge in [0, 0.05) is 6.04 Å². The third kappa shape index (κ3) is 2.81. The maximum Gasteiger partial charge on any atom is 0.324 e. The lowest BCUT2D eigenvalue weighted by Gasteiger charge is -2.43. The molecule has 2 atom stereocenters. The van der Waals surface area contributed by atoms with Crippen LogP contribution in [0.3, 0.4) is 0 Å². The Morgan fingerprint density at radius 3 is 2.58 bits per heavy atom. The second kappa shape index (κ2) is 6.25. The smallest absolute Gasteiger partial charge is 0.324 e. The van der Waals surface area contributed by atoms with Crippen molar-refractivity contribution in [1.82, 2.24) is 4.90 Å². The minimum atomic E-state index is -0.588. The van der Waals surface area contributed by atoms with Gasteiger partial charge in [-0.05, 0) is 51.5 Å². The zero-order valence-electron chi connectivity index (χ0n) is 12.5. The predicted octanol–water partition coefficient (Wildman–Crippen LogP) is 3.67. The standard InChI is InChI=1S/C16H29NO2/c1-3-10-16(15(18)19)11-7-12-17(16)13(2)14-8-5-4-6-9-14/h13-14H,3-12H2,1-2H3,(H,18,19). The quantitative estimate of drug-likeness (QED) is 0.826. The molecule has 3 heteroatoms. The van der Waals surface area contributed by atoms with E-state index in [1.165, 1.54) is 32.1 Å². The molecule has 1 N–H and O–H groups in total. The molecule has 0 bridgehead atoms. The molecule has 19 heavy (non-hydrogen) atoms. The van der Waals surface area contributed by atoms with Crippen molar-refractivity contribution in [3.05, 3.63) is 0 Å². The van der Waals surface area contributed by atoms with Crippen molar-refractivity contribution in [3.63, 3.8) is 0 Å².